The van der Waals surface area contributed by atoms with E-state index in [1.165, 1.54) is 4.90 Å². The third-order valence-electron chi connectivity index (χ3n) is 6.85. The van der Waals surface area contributed by atoms with Crippen molar-refractivity contribution in [3.8, 4) is 0 Å². The van der Waals surface area contributed by atoms with E-state index in [0.29, 0.717) is 16.3 Å². The highest BCUT2D eigenvalue weighted by Crippen LogP contribution is 2.48. The van der Waals surface area contributed by atoms with E-state index in [2.05, 4.69) is 11.8 Å². The van der Waals surface area contributed by atoms with Crippen molar-refractivity contribution in [2.24, 2.45) is 11.8 Å². The number of aryl methyl sites for hydroxylation is 1. The van der Waals surface area contributed by atoms with Crippen molar-refractivity contribution in [3.05, 3.63) is 64.7 Å². The first-order chi connectivity index (χ1) is 14.5. The molecule has 0 N–H and O–H groups in total. The standard InChI is InChI=1S/C24H23ClN2O3/c1-2-14-5-11-17(12-6-14)27-23(29)19-18-4-3-13-26(18)21(20(19)24(27)30)22(28)15-7-9-16(25)10-8-15/h5-12,18-21H,2-4,13H2,1H3/t18-,19+,20+,21-/m0/s1. The van der Waals surface area contributed by atoms with Gasteiger partial charge in [-0.15, -0.1) is 0 Å². The normalized spacial score (nSPS) is 28.1. The van der Waals surface area contributed by atoms with Crippen LogP contribution in [-0.4, -0.2) is 41.1 Å². The van der Waals surface area contributed by atoms with Gasteiger partial charge in [0.1, 0.15) is 0 Å². The van der Waals surface area contributed by atoms with Crippen LogP contribution >= 0.6 is 11.6 Å². The highest BCUT2D eigenvalue weighted by Gasteiger charge is 2.64. The smallest absolute Gasteiger partial charge is 0.239 e. The molecule has 0 radical (unpaired) electrons. The molecule has 0 aliphatic carbocycles. The minimum Gasteiger partial charge on any atom is -0.292 e. The van der Waals surface area contributed by atoms with E-state index in [4.69, 9.17) is 11.6 Å². The van der Waals surface area contributed by atoms with E-state index in [0.717, 1.165) is 31.4 Å². The Morgan fingerprint density at radius 1 is 1.00 bits per heavy atom. The van der Waals surface area contributed by atoms with Gasteiger partial charge < -0.3 is 0 Å². The number of carbonyl (C=O) groups is 3. The molecule has 3 fully saturated rings. The molecule has 5 nitrogen and oxygen atoms in total. The first kappa shape index (κ1) is 19.5. The topological polar surface area (TPSA) is 57.7 Å². The van der Waals surface area contributed by atoms with Gasteiger partial charge in [0.2, 0.25) is 11.8 Å². The number of hydrogen-bond acceptors (Lipinski definition) is 4. The summed E-state index contributed by atoms with van der Waals surface area (Å²) in [6, 6.07) is 13.7. The molecule has 3 aliphatic heterocycles. The van der Waals surface area contributed by atoms with E-state index in [9.17, 15) is 14.4 Å². The fourth-order valence-electron chi connectivity index (χ4n) is 5.44. The summed E-state index contributed by atoms with van der Waals surface area (Å²) in [6.45, 7) is 2.81. The number of fused-ring (bicyclic) bond motifs is 3. The molecule has 0 saturated carbocycles. The maximum atomic E-state index is 13.5. The molecule has 4 atom stereocenters. The summed E-state index contributed by atoms with van der Waals surface area (Å²) in [6.07, 6.45) is 2.67. The average Bonchev–Trinajstić information content (AvgIpc) is 3.40. The van der Waals surface area contributed by atoms with E-state index in [-0.39, 0.29) is 23.6 Å². The van der Waals surface area contributed by atoms with Crippen molar-refractivity contribution in [3.63, 3.8) is 0 Å². The first-order valence-corrected chi connectivity index (χ1v) is 10.9. The van der Waals surface area contributed by atoms with Crippen LogP contribution in [0.4, 0.5) is 5.69 Å². The number of benzene rings is 2. The van der Waals surface area contributed by atoms with Crippen molar-refractivity contribution < 1.29 is 14.4 Å². The monoisotopic (exact) mass is 422 g/mol. The van der Waals surface area contributed by atoms with Gasteiger partial charge in [-0.1, -0.05) is 30.7 Å². The van der Waals surface area contributed by atoms with Gasteiger partial charge in [0.25, 0.3) is 0 Å². The molecule has 30 heavy (non-hydrogen) atoms. The second-order valence-electron chi connectivity index (χ2n) is 8.35. The lowest BCUT2D eigenvalue weighted by Crippen LogP contribution is -2.46. The number of ketones is 1. The fraction of sp³-hybridized carbons (Fsp3) is 0.375. The highest BCUT2D eigenvalue weighted by molar-refractivity contribution is 6.30. The van der Waals surface area contributed by atoms with Gasteiger partial charge in [0, 0.05) is 16.6 Å². The SMILES string of the molecule is CCc1ccc(N2C(=O)[C@@H]3[C@H](C2=O)[C@@H]2CCCN2[C@@H]3C(=O)c2ccc(Cl)cc2)cc1. The van der Waals surface area contributed by atoms with Crippen molar-refractivity contribution in [2.45, 2.75) is 38.3 Å². The Kier molecular flexibility index (Phi) is 4.75. The molecule has 3 saturated heterocycles. The highest BCUT2D eigenvalue weighted by atomic mass is 35.5. The van der Waals surface area contributed by atoms with E-state index >= 15 is 0 Å². The molecular weight excluding hydrogens is 400 g/mol. The lowest BCUT2D eigenvalue weighted by Gasteiger charge is -2.27. The molecule has 0 bridgehead atoms. The summed E-state index contributed by atoms with van der Waals surface area (Å²) < 4.78 is 0. The molecule has 5 rings (SSSR count). The van der Waals surface area contributed by atoms with E-state index in [1.54, 1.807) is 24.3 Å². The van der Waals surface area contributed by atoms with Gasteiger partial charge in [-0.2, -0.15) is 0 Å². The minimum atomic E-state index is -0.628. The third-order valence-corrected chi connectivity index (χ3v) is 7.10. The van der Waals surface area contributed by atoms with Crippen LogP contribution in [0.1, 0.15) is 35.7 Å². The number of anilines is 1. The maximum absolute atomic E-state index is 13.5. The Morgan fingerprint density at radius 2 is 1.67 bits per heavy atom. The largest absolute Gasteiger partial charge is 0.292 e. The van der Waals surface area contributed by atoms with Gasteiger partial charge in [0.15, 0.2) is 5.78 Å². The molecule has 3 aliphatic rings. The zero-order valence-corrected chi connectivity index (χ0v) is 17.5. The Hall–Kier alpha value is -2.50. The second-order valence-corrected chi connectivity index (χ2v) is 8.78. The summed E-state index contributed by atoms with van der Waals surface area (Å²) in [5, 5.41) is 0.559. The maximum Gasteiger partial charge on any atom is 0.239 e. The van der Waals surface area contributed by atoms with Crippen LogP contribution in [0.15, 0.2) is 48.5 Å². The number of rotatable bonds is 4. The summed E-state index contributed by atoms with van der Waals surface area (Å²) in [5.41, 5.74) is 2.27. The molecule has 2 aromatic carbocycles. The average molecular weight is 423 g/mol. The zero-order valence-electron chi connectivity index (χ0n) is 16.8. The lowest BCUT2D eigenvalue weighted by molar-refractivity contribution is -0.123. The quantitative estimate of drug-likeness (QED) is 0.556. The Morgan fingerprint density at radius 3 is 2.33 bits per heavy atom. The third kappa shape index (κ3) is 2.83. The van der Waals surface area contributed by atoms with Crippen LogP contribution in [-0.2, 0) is 16.0 Å². The van der Waals surface area contributed by atoms with Crippen LogP contribution in [0.2, 0.25) is 5.02 Å². The van der Waals surface area contributed by atoms with E-state index in [1.807, 2.05) is 24.3 Å². The Labute approximate surface area is 180 Å². The Balaban J connectivity index is 1.52. The molecule has 3 heterocycles. The molecule has 0 aromatic heterocycles. The minimum absolute atomic E-state index is 0.0485. The predicted molar refractivity (Wildman–Crippen MR) is 115 cm³/mol. The summed E-state index contributed by atoms with van der Waals surface area (Å²) in [4.78, 5) is 43.7. The van der Waals surface area contributed by atoms with Crippen molar-refractivity contribution >= 4 is 34.9 Å². The molecule has 0 spiro atoms. The molecular formula is C24H23ClN2O3. The first-order valence-electron chi connectivity index (χ1n) is 10.5. The van der Waals surface area contributed by atoms with E-state index < -0.39 is 17.9 Å². The summed E-state index contributed by atoms with van der Waals surface area (Å²) in [7, 11) is 0. The van der Waals surface area contributed by atoms with Gasteiger partial charge in [0.05, 0.1) is 23.6 Å². The number of nitrogens with zero attached hydrogens (tertiary/aromatic N) is 2. The van der Waals surface area contributed by atoms with Crippen LogP contribution in [0, 0.1) is 11.8 Å². The fourth-order valence-corrected chi connectivity index (χ4v) is 5.56. The van der Waals surface area contributed by atoms with Gasteiger partial charge in [-0.25, -0.2) is 4.90 Å². The van der Waals surface area contributed by atoms with Gasteiger partial charge >= 0.3 is 0 Å². The van der Waals surface area contributed by atoms with Gasteiger partial charge in [-0.3, -0.25) is 19.3 Å². The molecule has 2 aromatic rings. The lowest BCUT2D eigenvalue weighted by atomic mass is 9.85. The molecule has 2 amide bonds. The summed E-state index contributed by atoms with van der Waals surface area (Å²) in [5.74, 6) is -1.60. The molecule has 154 valence electrons. The zero-order chi connectivity index (χ0) is 21.0. The number of halogens is 1. The van der Waals surface area contributed by atoms with Crippen molar-refractivity contribution in [1.29, 1.82) is 0 Å². The van der Waals surface area contributed by atoms with Crippen molar-refractivity contribution in [2.75, 3.05) is 11.4 Å². The van der Waals surface area contributed by atoms with Crippen LogP contribution < -0.4 is 4.90 Å². The number of amides is 2. The predicted octanol–water partition coefficient (Wildman–Crippen LogP) is 3.74. The Bertz CT molecular complexity index is 1020. The van der Waals surface area contributed by atoms with Crippen LogP contribution in [0.3, 0.4) is 0 Å². The number of Topliss-reactive ketones (excluding diaryl/α,β-unsaturated/α-hetero) is 1. The number of imide groups is 1. The second kappa shape index (κ2) is 7.33. The molecule has 0 unspecified atom stereocenters. The number of carbonyl (C=O) groups excluding carboxylic acids is 3. The number of hydrogen-bond donors (Lipinski definition) is 0. The van der Waals surface area contributed by atoms with Crippen molar-refractivity contribution in [1.82, 2.24) is 4.90 Å². The summed E-state index contributed by atoms with van der Waals surface area (Å²) >= 11 is 5.98. The van der Waals surface area contributed by atoms with Crippen LogP contribution in [0.25, 0.3) is 0 Å². The van der Waals surface area contributed by atoms with Gasteiger partial charge in [-0.05, 0) is 67.8 Å². The van der Waals surface area contributed by atoms with Crippen LogP contribution in [0.5, 0.6) is 0 Å². The molecule has 6 heteroatoms.